The van der Waals surface area contributed by atoms with Crippen LogP contribution in [0.1, 0.15) is 31.4 Å². The number of ether oxygens (including phenoxy) is 1. The zero-order chi connectivity index (χ0) is 24.6. The summed E-state index contributed by atoms with van der Waals surface area (Å²) in [5.41, 5.74) is 3.20. The summed E-state index contributed by atoms with van der Waals surface area (Å²) >= 11 is 0. The molecule has 9 heteroatoms. The van der Waals surface area contributed by atoms with Crippen LogP contribution < -0.4 is 4.74 Å². The Morgan fingerprint density at radius 3 is 2.71 bits per heavy atom. The van der Waals surface area contributed by atoms with Crippen LogP contribution in [0.5, 0.6) is 5.75 Å². The Kier molecular flexibility index (Phi) is 7.87. The van der Waals surface area contributed by atoms with Crippen molar-refractivity contribution in [1.29, 1.82) is 0 Å². The quantitative estimate of drug-likeness (QED) is 0.337. The van der Waals surface area contributed by atoms with Crippen molar-refractivity contribution in [2.24, 2.45) is 0 Å². The van der Waals surface area contributed by atoms with Gasteiger partial charge in [-0.3, -0.25) is 9.89 Å². The normalized spacial score (nSPS) is 10.9. The third-order valence-electron chi connectivity index (χ3n) is 5.56. The number of benzene rings is 2. The maximum atomic E-state index is 13.4. The third kappa shape index (κ3) is 6.53. The predicted molar refractivity (Wildman–Crippen MR) is 129 cm³/mol. The smallest absolute Gasteiger partial charge is 0.227 e. The Morgan fingerprint density at radius 2 is 1.94 bits per heavy atom. The lowest BCUT2D eigenvalue weighted by molar-refractivity contribution is -0.130. The first-order valence-corrected chi connectivity index (χ1v) is 11.6. The van der Waals surface area contributed by atoms with Gasteiger partial charge in [0.1, 0.15) is 11.6 Å². The number of carbonyl (C=O) groups excluding carboxylic acids is 1. The Bertz CT molecular complexity index is 1250. The molecule has 0 aliphatic rings. The van der Waals surface area contributed by atoms with E-state index in [1.165, 1.54) is 12.1 Å². The number of aromatic amines is 1. The molecule has 1 N–H and O–H groups in total. The lowest BCUT2D eigenvalue weighted by Gasteiger charge is -2.16. The van der Waals surface area contributed by atoms with Crippen molar-refractivity contribution < 1.29 is 18.4 Å². The summed E-state index contributed by atoms with van der Waals surface area (Å²) in [6.07, 6.45) is 2.17. The topological polar surface area (TPSA) is 97.1 Å². The second-order valence-corrected chi connectivity index (χ2v) is 8.18. The van der Waals surface area contributed by atoms with Gasteiger partial charge in [-0.25, -0.2) is 4.39 Å². The lowest BCUT2D eigenvalue weighted by atomic mass is 10.1. The minimum Gasteiger partial charge on any atom is -0.494 e. The van der Waals surface area contributed by atoms with Crippen molar-refractivity contribution in [3.63, 3.8) is 0 Å². The average molecular weight is 478 g/mol. The molecule has 4 rings (SSSR count). The molecule has 0 atom stereocenters. The van der Waals surface area contributed by atoms with E-state index in [4.69, 9.17) is 9.26 Å². The second kappa shape index (κ2) is 11.4. The molecule has 2 aromatic heterocycles. The summed E-state index contributed by atoms with van der Waals surface area (Å²) in [5.74, 6) is 1.42. The fourth-order valence-corrected chi connectivity index (χ4v) is 3.66. The van der Waals surface area contributed by atoms with E-state index in [9.17, 15) is 9.18 Å². The molecular formula is C26H28FN5O3. The molecule has 0 aliphatic carbocycles. The molecular weight excluding hydrogens is 449 g/mol. The number of carbonyl (C=O) groups is 1. The lowest BCUT2D eigenvalue weighted by Crippen LogP contribution is -2.28. The SMILES string of the molecule is CCOc1ccc(-c2noc(CCC(=O)N(C)CCCc3cc(-c4cccc(F)c4)n[nH]3)n2)cc1. The molecule has 0 spiro atoms. The van der Waals surface area contributed by atoms with Crippen molar-refractivity contribution in [2.75, 3.05) is 20.2 Å². The van der Waals surface area contributed by atoms with Gasteiger partial charge in [0.15, 0.2) is 0 Å². The molecule has 0 unspecified atom stereocenters. The molecule has 2 heterocycles. The maximum absolute atomic E-state index is 13.4. The van der Waals surface area contributed by atoms with E-state index in [1.54, 1.807) is 18.0 Å². The van der Waals surface area contributed by atoms with E-state index in [-0.39, 0.29) is 18.1 Å². The van der Waals surface area contributed by atoms with E-state index in [2.05, 4.69) is 20.3 Å². The highest BCUT2D eigenvalue weighted by Crippen LogP contribution is 2.21. The average Bonchev–Trinajstić information content (AvgIpc) is 3.53. The Hall–Kier alpha value is -4.01. The van der Waals surface area contributed by atoms with Crippen LogP contribution in [0.25, 0.3) is 22.6 Å². The van der Waals surface area contributed by atoms with Crippen LogP contribution in [0.4, 0.5) is 4.39 Å². The van der Waals surface area contributed by atoms with Crippen LogP contribution in [0, 0.1) is 5.82 Å². The zero-order valence-electron chi connectivity index (χ0n) is 19.8. The molecule has 8 nitrogen and oxygen atoms in total. The van der Waals surface area contributed by atoms with Gasteiger partial charge in [-0.15, -0.1) is 0 Å². The molecule has 0 aliphatic heterocycles. The Morgan fingerprint density at radius 1 is 1.11 bits per heavy atom. The molecule has 35 heavy (non-hydrogen) atoms. The van der Waals surface area contributed by atoms with Crippen LogP contribution in [0.3, 0.4) is 0 Å². The van der Waals surface area contributed by atoms with Gasteiger partial charge in [0.25, 0.3) is 0 Å². The van der Waals surface area contributed by atoms with Crippen molar-refractivity contribution >= 4 is 5.91 Å². The number of halogens is 1. The van der Waals surface area contributed by atoms with E-state index in [1.807, 2.05) is 43.3 Å². The van der Waals surface area contributed by atoms with Gasteiger partial charge in [-0.2, -0.15) is 10.1 Å². The van der Waals surface area contributed by atoms with E-state index >= 15 is 0 Å². The summed E-state index contributed by atoms with van der Waals surface area (Å²) in [7, 11) is 1.78. The minimum atomic E-state index is -0.292. The van der Waals surface area contributed by atoms with Gasteiger partial charge in [0.2, 0.25) is 17.6 Å². The number of aromatic nitrogens is 4. The number of hydrogen-bond donors (Lipinski definition) is 1. The first kappa shape index (κ1) is 24.1. The van der Waals surface area contributed by atoms with Gasteiger partial charge in [-0.05, 0) is 62.2 Å². The van der Waals surface area contributed by atoms with Gasteiger partial charge in [0, 0.05) is 43.3 Å². The van der Waals surface area contributed by atoms with Crippen molar-refractivity contribution in [3.8, 4) is 28.4 Å². The molecule has 1 amide bonds. The Balaban J connectivity index is 1.21. The molecule has 0 saturated heterocycles. The number of aryl methyl sites for hydroxylation is 2. The largest absolute Gasteiger partial charge is 0.494 e. The summed E-state index contributed by atoms with van der Waals surface area (Å²) in [6.45, 7) is 3.15. The summed E-state index contributed by atoms with van der Waals surface area (Å²) in [5, 5.41) is 11.3. The minimum absolute atomic E-state index is 0.0101. The van der Waals surface area contributed by atoms with Crippen molar-refractivity contribution in [1.82, 2.24) is 25.2 Å². The number of nitrogens with zero attached hydrogens (tertiary/aromatic N) is 4. The number of hydrogen-bond acceptors (Lipinski definition) is 6. The highest BCUT2D eigenvalue weighted by molar-refractivity contribution is 5.76. The number of rotatable bonds is 11. The monoisotopic (exact) mass is 477 g/mol. The third-order valence-corrected chi connectivity index (χ3v) is 5.56. The van der Waals surface area contributed by atoms with Crippen LogP contribution in [0.2, 0.25) is 0 Å². The number of amides is 1. The first-order chi connectivity index (χ1) is 17.0. The first-order valence-electron chi connectivity index (χ1n) is 11.6. The fraction of sp³-hybridized carbons (Fsp3) is 0.308. The van der Waals surface area contributed by atoms with E-state index in [0.717, 1.165) is 35.4 Å². The van der Waals surface area contributed by atoms with E-state index in [0.29, 0.717) is 37.0 Å². The van der Waals surface area contributed by atoms with Crippen LogP contribution in [-0.4, -0.2) is 51.3 Å². The number of nitrogens with one attached hydrogen (secondary N) is 1. The summed E-state index contributed by atoms with van der Waals surface area (Å²) in [4.78, 5) is 18.6. The summed E-state index contributed by atoms with van der Waals surface area (Å²) < 4.78 is 24.2. The maximum Gasteiger partial charge on any atom is 0.227 e. The molecule has 2 aromatic carbocycles. The predicted octanol–water partition coefficient (Wildman–Crippen LogP) is 4.69. The highest BCUT2D eigenvalue weighted by atomic mass is 19.1. The molecule has 4 aromatic rings. The van der Waals surface area contributed by atoms with Crippen LogP contribution in [-0.2, 0) is 17.6 Å². The molecule has 182 valence electrons. The molecule has 0 saturated carbocycles. The van der Waals surface area contributed by atoms with Gasteiger partial charge in [0.05, 0.1) is 12.3 Å². The van der Waals surface area contributed by atoms with Crippen molar-refractivity contribution in [3.05, 3.63) is 72.0 Å². The molecule has 0 radical (unpaired) electrons. The van der Waals surface area contributed by atoms with Gasteiger partial charge < -0.3 is 14.2 Å². The zero-order valence-corrected chi connectivity index (χ0v) is 19.8. The molecule has 0 bridgehead atoms. The number of H-pyrrole nitrogens is 1. The van der Waals surface area contributed by atoms with Gasteiger partial charge >= 0.3 is 0 Å². The molecule has 0 fully saturated rings. The van der Waals surface area contributed by atoms with Gasteiger partial charge in [-0.1, -0.05) is 17.3 Å². The highest BCUT2D eigenvalue weighted by Gasteiger charge is 2.14. The second-order valence-electron chi connectivity index (χ2n) is 8.18. The van der Waals surface area contributed by atoms with E-state index < -0.39 is 0 Å². The summed E-state index contributed by atoms with van der Waals surface area (Å²) in [6, 6.07) is 15.7. The standard InChI is InChI=1S/C26H28FN5O3/c1-3-34-22-11-9-18(10-12-22)26-28-24(35-31-26)13-14-25(33)32(2)15-5-8-21-17-23(30-29-21)19-6-4-7-20(27)16-19/h4,6-7,9-12,16-17H,3,5,8,13-15H2,1-2H3,(H,29,30). The Labute approximate surface area is 203 Å². The van der Waals surface area contributed by atoms with Crippen molar-refractivity contribution in [2.45, 2.75) is 32.6 Å². The van der Waals surface area contributed by atoms with Crippen LogP contribution >= 0.6 is 0 Å². The van der Waals surface area contributed by atoms with Crippen LogP contribution in [0.15, 0.2) is 59.1 Å². The fourth-order valence-electron chi connectivity index (χ4n) is 3.66.